The van der Waals surface area contributed by atoms with Gasteiger partial charge in [-0.1, -0.05) is 0 Å². The summed E-state index contributed by atoms with van der Waals surface area (Å²) in [5.74, 6) is 0.0322. The van der Waals surface area contributed by atoms with Crippen molar-refractivity contribution >= 4 is 44.2 Å². The van der Waals surface area contributed by atoms with Gasteiger partial charge in [0.05, 0.1) is 41.9 Å². The number of ether oxygens (including phenoxy) is 2. The molecule has 222 valence electrons. The number of aryl methyl sites for hydroxylation is 1. The number of benzene rings is 1. The molecule has 6 heterocycles. The van der Waals surface area contributed by atoms with E-state index in [0.717, 1.165) is 79.3 Å². The van der Waals surface area contributed by atoms with E-state index in [2.05, 4.69) is 31.8 Å². The molecule has 0 unspecified atom stereocenters. The summed E-state index contributed by atoms with van der Waals surface area (Å²) in [6.07, 6.45) is 5.34. The Morgan fingerprint density at radius 2 is 1.83 bits per heavy atom. The number of pyridine rings is 1. The zero-order valence-corrected chi connectivity index (χ0v) is 25.0. The van der Waals surface area contributed by atoms with Crippen molar-refractivity contribution in [1.29, 1.82) is 0 Å². The van der Waals surface area contributed by atoms with Gasteiger partial charge >= 0.3 is 0 Å². The largest absolute Gasteiger partial charge is 0.381 e. The number of nitrogens with one attached hydrogen (secondary N) is 1. The molecule has 0 spiro atoms. The van der Waals surface area contributed by atoms with Crippen LogP contribution in [0.5, 0.6) is 0 Å². The highest BCUT2D eigenvalue weighted by Gasteiger charge is 2.29. The summed E-state index contributed by atoms with van der Waals surface area (Å²) < 4.78 is 13.0. The summed E-state index contributed by atoms with van der Waals surface area (Å²) in [4.78, 5) is 42.5. The zero-order valence-electron chi connectivity index (χ0n) is 24.2. The van der Waals surface area contributed by atoms with Gasteiger partial charge in [-0.15, -0.1) is 11.3 Å². The second kappa shape index (κ2) is 11.4. The lowest BCUT2D eigenvalue weighted by Gasteiger charge is -2.39. The average molecular weight is 592 g/mol. The molecule has 42 heavy (non-hydrogen) atoms. The number of aromatic nitrogens is 4. The minimum Gasteiger partial charge on any atom is -0.381 e. The number of anilines is 1. The van der Waals surface area contributed by atoms with Crippen LogP contribution in [0.3, 0.4) is 0 Å². The first kappa shape index (κ1) is 27.5. The van der Waals surface area contributed by atoms with E-state index in [-0.39, 0.29) is 23.6 Å². The van der Waals surface area contributed by atoms with Crippen LogP contribution in [-0.2, 0) is 16.0 Å². The van der Waals surface area contributed by atoms with Gasteiger partial charge in [-0.25, -0.2) is 4.98 Å². The Hall–Kier alpha value is -3.32. The highest BCUT2D eigenvalue weighted by Crippen LogP contribution is 2.31. The van der Waals surface area contributed by atoms with E-state index >= 15 is 0 Å². The van der Waals surface area contributed by atoms with Crippen molar-refractivity contribution < 1.29 is 14.3 Å². The number of carbonyl (C=O) groups excluding carboxylic acids is 1. The van der Waals surface area contributed by atoms with E-state index in [1.54, 1.807) is 17.5 Å². The molecule has 4 aromatic rings. The lowest BCUT2D eigenvalue weighted by molar-refractivity contribution is 0.0497. The van der Waals surface area contributed by atoms with Crippen LogP contribution in [0, 0.1) is 6.92 Å². The Bertz CT molecular complexity index is 1670. The molecule has 12 heteroatoms. The van der Waals surface area contributed by atoms with E-state index in [9.17, 15) is 9.59 Å². The molecule has 11 nitrogen and oxygen atoms in total. The normalized spacial score (nSPS) is 21.0. The fraction of sp³-hybridized carbons (Fsp3) is 0.533. The van der Waals surface area contributed by atoms with Crippen LogP contribution in [0.4, 0.5) is 5.13 Å². The van der Waals surface area contributed by atoms with Crippen molar-refractivity contribution in [2.75, 3.05) is 64.1 Å². The van der Waals surface area contributed by atoms with Crippen molar-refractivity contribution in [2.24, 2.45) is 0 Å². The van der Waals surface area contributed by atoms with Crippen molar-refractivity contribution in [1.82, 2.24) is 29.5 Å². The zero-order chi connectivity index (χ0) is 28.8. The molecule has 0 aliphatic carbocycles. The Morgan fingerprint density at radius 3 is 2.62 bits per heavy atom. The van der Waals surface area contributed by atoms with Gasteiger partial charge in [0.15, 0.2) is 5.13 Å². The smallest absolute Gasteiger partial charge is 0.259 e. The van der Waals surface area contributed by atoms with Crippen LogP contribution in [0.25, 0.3) is 21.8 Å². The number of morpholine rings is 1. The fourth-order valence-electron chi connectivity index (χ4n) is 6.49. The Morgan fingerprint density at radius 1 is 1.05 bits per heavy atom. The molecule has 3 aliphatic heterocycles. The number of amides is 1. The number of carbonyl (C=O) groups is 1. The Labute approximate surface area is 248 Å². The van der Waals surface area contributed by atoms with Crippen LogP contribution in [0.2, 0.25) is 0 Å². The van der Waals surface area contributed by atoms with E-state index in [0.29, 0.717) is 37.3 Å². The fourth-order valence-corrected chi connectivity index (χ4v) is 7.47. The number of fused-ring (bicyclic) bond motifs is 3. The van der Waals surface area contributed by atoms with Gasteiger partial charge in [-0.3, -0.25) is 19.2 Å². The number of H-pyrrole nitrogens is 1. The van der Waals surface area contributed by atoms with Crippen LogP contribution in [0.1, 0.15) is 46.6 Å². The van der Waals surface area contributed by atoms with Crippen LogP contribution in [-0.4, -0.2) is 101 Å². The highest BCUT2D eigenvalue weighted by atomic mass is 32.1. The number of rotatable bonds is 5. The van der Waals surface area contributed by atoms with Crippen LogP contribution >= 0.6 is 11.3 Å². The standard InChI is InChI=1S/C30H37N7O4S/c1-19-13-26-24(27-25(28(38)33-26)16-32-37(27)21-3-9-40-10-4-21)14-23(19)29(39)36-6-5-35(20(2)17-36)18-22-15-31-30(42-22)34-7-11-41-12-8-34/h13-16,20-21H,3-12,17-18H2,1-2H3,(H,33,38)/t20-/m0/s1. The summed E-state index contributed by atoms with van der Waals surface area (Å²) in [5, 5.41) is 7.10. The molecule has 1 amide bonds. The van der Waals surface area contributed by atoms with Crippen molar-refractivity contribution in [3.05, 3.63) is 50.9 Å². The maximum atomic E-state index is 14.0. The maximum Gasteiger partial charge on any atom is 0.259 e. The summed E-state index contributed by atoms with van der Waals surface area (Å²) in [6, 6.07) is 4.28. The molecule has 0 saturated carbocycles. The molecular weight excluding hydrogens is 554 g/mol. The van der Waals surface area contributed by atoms with Gasteiger partial charge in [-0.05, 0) is 44.4 Å². The Kier molecular flexibility index (Phi) is 7.47. The summed E-state index contributed by atoms with van der Waals surface area (Å²) in [6.45, 7) is 11.7. The second-order valence-corrected chi connectivity index (χ2v) is 12.7. The molecule has 1 N–H and O–H groups in total. The quantitative estimate of drug-likeness (QED) is 0.377. The topological polar surface area (TPSA) is 109 Å². The summed E-state index contributed by atoms with van der Waals surface area (Å²) in [5.41, 5.74) is 2.91. The molecule has 3 aliphatic rings. The lowest BCUT2D eigenvalue weighted by Crippen LogP contribution is -2.53. The molecule has 1 atom stereocenters. The van der Waals surface area contributed by atoms with Crippen LogP contribution in [0.15, 0.2) is 29.3 Å². The highest BCUT2D eigenvalue weighted by molar-refractivity contribution is 7.15. The van der Waals surface area contributed by atoms with Gasteiger partial charge in [0.25, 0.3) is 11.5 Å². The number of piperazine rings is 1. The maximum absolute atomic E-state index is 14.0. The minimum absolute atomic E-state index is 0.0322. The summed E-state index contributed by atoms with van der Waals surface area (Å²) >= 11 is 1.75. The predicted octanol–water partition coefficient (Wildman–Crippen LogP) is 3.18. The monoisotopic (exact) mass is 591 g/mol. The number of hydrogen-bond acceptors (Lipinski definition) is 9. The van der Waals surface area contributed by atoms with E-state index in [1.165, 1.54) is 4.88 Å². The van der Waals surface area contributed by atoms with Crippen molar-refractivity contribution in [2.45, 2.75) is 45.3 Å². The lowest BCUT2D eigenvalue weighted by atomic mass is 10.0. The number of aromatic amines is 1. The van der Waals surface area contributed by atoms with E-state index in [4.69, 9.17) is 9.47 Å². The molecule has 1 aromatic carbocycles. The molecular formula is C30H37N7O4S. The molecule has 3 saturated heterocycles. The average Bonchev–Trinajstić information content (AvgIpc) is 3.67. The van der Waals surface area contributed by atoms with E-state index in [1.807, 2.05) is 34.8 Å². The van der Waals surface area contributed by atoms with Gasteiger partial charge < -0.3 is 24.3 Å². The molecule has 0 bridgehead atoms. The van der Waals surface area contributed by atoms with Gasteiger partial charge in [0, 0.05) is 80.5 Å². The first-order chi connectivity index (χ1) is 20.5. The molecule has 0 radical (unpaired) electrons. The van der Waals surface area contributed by atoms with Gasteiger partial charge in [0.2, 0.25) is 0 Å². The third-order valence-electron chi connectivity index (χ3n) is 8.91. The van der Waals surface area contributed by atoms with Crippen molar-refractivity contribution in [3.63, 3.8) is 0 Å². The molecule has 3 fully saturated rings. The number of nitrogens with zero attached hydrogens (tertiary/aromatic N) is 6. The summed E-state index contributed by atoms with van der Waals surface area (Å²) in [7, 11) is 0. The minimum atomic E-state index is -0.155. The number of thiazole rings is 1. The Balaban J connectivity index is 1.11. The van der Waals surface area contributed by atoms with Crippen molar-refractivity contribution in [3.8, 4) is 0 Å². The first-order valence-corrected chi connectivity index (χ1v) is 15.7. The third kappa shape index (κ3) is 5.10. The second-order valence-electron chi connectivity index (χ2n) is 11.6. The van der Waals surface area contributed by atoms with Crippen LogP contribution < -0.4 is 10.5 Å². The van der Waals surface area contributed by atoms with Gasteiger partial charge in [-0.2, -0.15) is 5.10 Å². The molecule has 7 rings (SSSR count). The predicted molar refractivity (Wildman–Crippen MR) is 163 cm³/mol. The number of hydrogen-bond donors (Lipinski definition) is 1. The SMILES string of the molecule is Cc1cc2[nH]c(=O)c3cnn(C4CCOCC4)c3c2cc1C(=O)N1CCN(Cc2cnc(N3CCOCC3)s2)[C@@H](C)C1. The first-order valence-electron chi connectivity index (χ1n) is 14.9. The molecule has 3 aromatic heterocycles. The van der Waals surface area contributed by atoms with E-state index < -0.39 is 0 Å². The third-order valence-corrected chi connectivity index (χ3v) is 9.95. The van der Waals surface area contributed by atoms with Gasteiger partial charge in [0.1, 0.15) is 0 Å².